The molecule has 1 unspecified atom stereocenters. The number of aromatic hydroxyl groups is 1. The summed E-state index contributed by atoms with van der Waals surface area (Å²) in [7, 11) is 1.56. The summed E-state index contributed by atoms with van der Waals surface area (Å²) >= 11 is 0. The van der Waals surface area contributed by atoms with E-state index in [1.807, 2.05) is 6.07 Å². The predicted molar refractivity (Wildman–Crippen MR) is 90.0 cm³/mol. The van der Waals surface area contributed by atoms with Crippen molar-refractivity contribution in [3.63, 3.8) is 0 Å². The van der Waals surface area contributed by atoms with Crippen LogP contribution in [0.4, 0.5) is 0 Å². The van der Waals surface area contributed by atoms with Crippen LogP contribution in [0, 0.1) is 6.92 Å². The molecule has 0 aliphatic carbocycles. The number of nitrogens with zero attached hydrogens (tertiary/aromatic N) is 1. The topological polar surface area (TPSA) is 41.9 Å². The van der Waals surface area contributed by atoms with Crippen LogP contribution in [0.3, 0.4) is 0 Å². The Morgan fingerprint density at radius 1 is 1.26 bits per heavy atom. The van der Waals surface area contributed by atoms with Gasteiger partial charge in [-0.15, -0.1) is 0 Å². The van der Waals surface area contributed by atoms with Crippen molar-refractivity contribution in [3.8, 4) is 17.2 Å². The molecule has 2 aromatic rings. The van der Waals surface area contributed by atoms with Crippen LogP contribution in [0.15, 0.2) is 36.4 Å². The van der Waals surface area contributed by atoms with E-state index in [0.29, 0.717) is 5.75 Å². The lowest BCUT2D eigenvalue weighted by molar-refractivity contribution is 0.156. The number of fused-ring (bicyclic) bond motifs is 1. The third kappa shape index (κ3) is 3.59. The van der Waals surface area contributed by atoms with Gasteiger partial charge in [0.15, 0.2) is 11.5 Å². The van der Waals surface area contributed by atoms with Crippen molar-refractivity contribution in [2.75, 3.05) is 13.7 Å². The highest BCUT2D eigenvalue weighted by atomic mass is 16.5. The third-order valence-electron chi connectivity index (χ3n) is 4.10. The number of phenolic OH excluding ortho intramolecular Hbond substituents is 1. The van der Waals surface area contributed by atoms with Crippen molar-refractivity contribution >= 4 is 0 Å². The van der Waals surface area contributed by atoms with Gasteiger partial charge < -0.3 is 14.6 Å². The summed E-state index contributed by atoms with van der Waals surface area (Å²) in [6, 6.07) is 11.9. The highest BCUT2D eigenvalue weighted by molar-refractivity contribution is 5.42. The van der Waals surface area contributed by atoms with E-state index in [1.54, 1.807) is 19.2 Å². The second-order valence-corrected chi connectivity index (χ2v) is 6.22. The fraction of sp³-hybridized carbons (Fsp3) is 0.368. The minimum atomic E-state index is 0.130. The van der Waals surface area contributed by atoms with Crippen LogP contribution in [-0.2, 0) is 13.1 Å². The highest BCUT2D eigenvalue weighted by Gasteiger charge is 2.20. The molecular formula is C19H23NO3. The fourth-order valence-electron chi connectivity index (χ4n) is 3.08. The molecule has 0 radical (unpaired) electrons. The molecule has 1 aliphatic heterocycles. The molecule has 122 valence electrons. The van der Waals surface area contributed by atoms with E-state index in [1.165, 1.54) is 11.1 Å². The summed E-state index contributed by atoms with van der Waals surface area (Å²) < 4.78 is 11.1. The lowest BCUT2D eigenvalue weighted by Crippen LogP contribution is -2.30. The Kier molecular flexibility index (Phi) is 4.44. The molecule has 0 aromatic heterocycles. The highest BCUT2D eigenvalue weighted by Crippen LogP contribution is 2.29. The van der Waals surface area contributed by atoms with Crippen molar-refractivity contribution in [1.82, 2.24) is 4.90 Å². The molecular weight excluding hydrogens is 290 g/mol. The first-order chi connectivity index (χ1) is 11.0. The third-order valence-corrected chi connectivity index (χ3v) is 4.10. The SMILES string of the molecule is COc1ccc(CN2Cc3cc(C)ccc3OC(C)C2)cc1O. The number of rotatable bonds is 3. The number of ether oxygens (including phenoxy) is 2. The summed E-state index contributed by atoms with van der Waals surface area (Å²) in [6.07, 6.45) is 0.130. The average molecular weight is 313 g/mol. The van der Waals surface area contributed by atoms with Gasteiger partial charge in [0.2, 0.25) is 0 Å². The first-order valence-electron chi connectivity index (χ1n) is 7.89. The van der Waals surface area contributed by atoms with Crippen LogP contribution >= 0.6 is 0 Å². The number of aryl methyl sites for hydroxylation is 1. The van der Waals surface area contributed by atoms with Gasteiger partial charge in [0.1, 0.15) is 11.9 Å². The van der Waals surface area contributed by atoms with Crippen LogP contribution < -0.4 is 9.47 Å². The summed E-state index contributed by atoms with van der Waals surface area (Å²) in [4.78, 5) is 2.34. The molecule has 0 amide bonds. The van der Waals surface area contributed by atoms with Crippen LogP contribution in [-0.4, -0.2) is 29.8 Å². The van der Waals surface area contributed by atoms with Crippen LogP contribution in [0.25, 0.3) is 0 Å². The first kappa shape index (κ1) is 15.7. The maximum Gasteiger partial charge on any atom is 0.160 e. The molecule has 3 rings (SSSR count). The maximum absolute atomic E-state index is 9.95. The Labute approximate surface area is 137 Å². The molecule has 2 aromatic carbocycles. The lowest BCUT2D eigenvalue weighted by Gasteiger charge is -2.22. The van der Waals surface area contributed by atoms with Gasteiger partial charge in [-0.1, -0.05) is 23.8 Å². The predicted octanol–water partition coefficient (Wildman–Crippen LogP) is 3.49. The zero-order valence-corrected chi connectivity index (χ0v) is 13.9. The molecule has 0 bridgehead atoms. The van der Waals surface area contributed by atoms with E-state index in [0.717, 1.165) is 30.9 Å². The molecule has 1 atom stereocenters. The minimum absolute atomic E-state index is 0.130. The van der Waals surface area contributed by atoms with E-state index in [-0.39, 0.29) is 11.9 Å². The summed E-state index contributed by atoms with van der Waals surface area (Å²) in [5.41, 5.74) is 3.52. The van der Waals surface area contributed by atoms with Crippen molar-refractivity contribution in [2.24, 2.45) is 0 Å². The van der Waals surface area contributed by atoms with Gasteiger partial charge in [-0.3, -0.25) is 4.90 Å². The van der Waals surface area contributed by atoms with E-state index in [2.05, 4.69) is 36.9 Å². The van der Waals surface area contributed by atoms with E-state index < -0.39 is 0 Å². The number of phenols is 1. The molecule has 0 spiro atoms. The number of hydrogen-bond acceptors (Lipinski definition) is 4. The molecule has 1 aliphatic rings. The van der Waals surface area contributed by atoms with Crippen LogP contribution in [0.5, 0.6) is 17.2 Å². The lowest BCUT2D eigenvalue weighted by atomic mass is 10.1. The van der Waals surface area contributed by atoms with Gasteiger partial charge in [-0.25, -0.2) is 0 Å². The standard InChI is InChI=1S/C19H23NO3/c1-13-4-6-18-16(8-13)12-20(10-14(2)23-18)11-15-5-7-19(22-3)17(21)9-15/h4-9,14,21H,10-12H2,1-3H3. The zero-order chi connectivity index (χ0) is 16.4. The zero-order valence-electron chi connectivity index (χ0n) is 13.9. The van der Waals surface area contributed by atoms with Crippen molar-refractivity contribution < 1.29 is 14.6 Å². The van der Waals surface area contributed by atoms with Crippen molar-refractivity contribution in [3.05, 3.63) is 53.1 Å². The molecule has 4 nitrogen and oxygen atoms in total. The molecule has 23 heavy (non-hydrogen) atoms. The molecule has 0 saturated carbocycles. The second-order valence-electron chi connectivity index (χ2n) is 6.22. The van der Waals surface area contributed by atoms with Gasteiger partial charge in [0, 0.05) is 25.2 Å². The molecule has 0 saturated heterocycles. The molecule has 1 heterocycles. The Balaban J connectivity index is 1.81. The van der Waals surface area contributed by atoms with Crippen molar-refractivity contribution in [2.45, 2.75) is 33.0 Å². The number of methoxy groups -OCH3 is 1. The number of hydrogen-bond donors (Lipinski definition) is 1. The van der Waals surface area contributed by atoms with Gasteiger partial charge in [-0.2, -0.15) is 0 Å². The number of benzene rings is 2. The Morgan fingerprint density at radius 3 is 2.83 bits per heavy atom. The van der Waals surface area contributed by atoms with Crippen molar-refractivity contribution in [1.29, 1.82) is 0 Å². The van der Waals surface area contributed by atoms with E-state index in [9.17, 15) is 5.11 Å². The first-order valence-corrected chi connectivity index (χ1v) is 7.89. The normalized spacial score (nSPS) is 18.0. The Bertz CT molecular complexity index is 699. The fourth-order valence-corrected chi connectivity index (χ4v) is 3.08. The second kappa shape index (κ2) is 6.50. The van der Waals surface area contributed by atoms with Gasteiger partial charge in [0.25, 0.3) is 0 Å². The quantitative estimate of drug-likeness (QED) is 0.942. The summed E-state index contributed by atoms with van der Waals surface area (Å²) in [5, 5.41) is 9.95. The van der Waals surface area contributed by atoms with E-state index >= 15 is 0 Å². The van der Waals surface area contributed by atoms with Gasteiger partial charge in [0.05, 0.1) is 7.11 Å². The van der Waals surface area contributed by atoms with Gasteiger partial charge in [-0.05, 0) is 37.6 Å². The summed E-state index contributed by atoms with van der Waals surface area (Å²) in [6.45, 7) is 6.64. The molecule has 1 N–H and O–H groups in total. The van der Waals surface area contributed by atoms with E-state index in [4.69, 9.17) is 9.47 Å². The monoisotopic (exact) mass is 313 g/mol. The molecule has 4 heteroatoms. The maximum atomic E-state index is 9.95. The Hall–Kier alpha value is -2.20. The minimum Gasteiger partial charge on any atom is -0.504 e. The molecule has 0 fully saturated rings. The summed E-state index contributed by atoms with van der Waals surface area (Å²) in [5.74, 6) is 1.66. The van der Waals surface area contributed by atoms with Crippen LogP contribution in [0.2, 0.25) is 0 Å². The Morgan fingerprint density at radius 2 is 2.09 bits per heavy atom. The average Bonchev–Trinajstić information content (AvgIpc) is 2.64. The van der Waals surface area contributed by atoms with Crippen LogP contribution in [0.1, 0.15) is 23.6 Å². The largest absolute Gasteiger partial charge is 0.504 e. The van der Waals surface area contributed by atoms with Gasteiger partial charge >= 0.3 is 0 Å². The smallest absolute Gasteiger partial charge is 0.160 e.